The van der Waals surface area contributed by atoms with Gasteiger partial charge in [0.1, 0.15) is 6.20 Å². The van der Waals surface area contributed by atoms with Gasteiger partial charge in [0.25, 0.3) is 0 Å². The lowest BCUT2D eigenvalue weighted by Gasteiger charge is -2.38. The molecule has 102 valence electrons. The van der Waals surface area contributed by atoms with Gasteiger partial charge in [-0.25, -0.2) is 4.98 Å². The fourth-order valence-electron chi connectivity index (χ4n) is 3.40. The fraction of sp³-hybridized carbons (Fsp3) is 0.667. The zero-order valence-corrected chi connectivity index (χ0v) is 11.2. The molecule has 0 bridgehead atoms. The highest BCUT2D eigenvalue weighted by Crippen LogP contribution is 2.40. The normalized spacial score (nSPS) is 26.3. The third kappa shape index (κ3) is 2.25. The van der Waals surface area contributed by atoms with E-state index in [0.717, 1.165) is 19.4 Å². The summed E-state index contributed by atoms with van der Waals surface area (Å²) in [6, 6.07) is 0.374. The summed E-state index contributed by atoms with van der Waals surface area (Å²) < 4.78 is 0. The smallest absolute Gasteiger partial charge is 0.329 e. The van der Waals surface area contributed by atoms with E-state index in [1.807, 2.05) is 0 Å². The van der Waals surface area contributed by atoms with Gasteiger partial charge in [-0.05, 0) is 43.2 Å². The van der Waals surface area contributed by atoms with Crippen LogP contribution in [0, 0.1) is 16.0 Å². The van der Waals surface area contributed by atoms with Crippen LogP contribution in [0.2, 0.25) is 5.28 Å². The van der Waals surface area contributed by atoms with Gasteiger partial charge in [0, 0.05) is 12.6 Å². The highest BCUT2D eigenvalue weighted by molar-refractivity contribution is 6.28. The van der Waals surface area contributed by atoms with E-state index in [1.54, 1.807) is 0 Å². The maximum atomic E-state index is 11.1. The Hall–Kier alpha value is -1.43. The van der Waals surface area contributed by atoms with E-state index in [1.165, 1.54) is 25.5 Å². The van der Waals surface area contributed by atoms with Crippen molar-refractivity contribution in [2.45, 2.75) is 38.1 Å². The van der Waals surface area contributed by atoms with Crippen molar-refractivity contribution in [2.24, 2.45) is 5.92 Å². The predicted octanol–water partition coefficient (Wildman–Crippen LogP) is 2.81. The second kappa shape index (κ2) is 4.92. The molecule has 2 atom stereocenters. The molecule has 0 amide bonds. The predicted molar refractivity (Wildman–Crippen MR) is 71.4 cm³/mol. The second-order valence-electron chi connectivity index (χ2n) is 5.20. The Morgan fingerprint density at radius 2 is 2.16 bits per heavy atom. The molecule has 1 aliphatic heterocycles. The summed E-state index contributed by atoms with van der Waals surface area (Å²) in [5, 5.41) is 11.2. The van der Waals surface area contributed by atoms with Gasteiger partial charge in [0.05, 0.1) is 4.92 Å². The number of nitrogens with zero attached hydrogens (tertiary/aromatic N) is 4. The standard InChI is InChI=1S/C12H15ClN4O2/c13-12-14-7-10(17(18)19)11(15-12)16-6-2-4-8-3-1-5-9(8)16/h7-9H,1-6H2. The van der Waals surface area contributed by atoms with Crippen molar-refractivity contribution in [3.63, 3.8) is 0 Å². The zero-order chi connectivity index (χ0) is 13.4. The second-order valence-corrected chi connectivity index (χ2v) is 5.54. The van der Waals surface area contributed by atoms with Crippen LogP contribution in [0.4, 0.5) is 11.5 Å². The molecular weight excluding hydrogens is 268 g/mol. The van der Waals surface area contributed by atoms with Crippen molar-refractivity contribution in [2.75, 3.05) is 11.4 Å². The van der Waals surface area contributed by atoms with Gasteiger partial charge in [-0.1, -0.05) is 6.42 Å². The fourth-order valence-corrected chi connectivity index (χ4v) is 3.53. The summed E-state index contributed by atoms with van der Waals surface area (Å²) in [5.74, 6) is 1.03. The number of anilines is 1. The van der Waals surface area contributed by atoms with E-state index in [9.17, 15) is 10.1 Å². The highest BCUT2D eigenvalue weighted by atomic mass is 35.5. The summed E-state index contributed by atoms with van der Waals surface area (Å²) in [4.78, 5) is 20.6. The van der Waals surface area contributed by atoms with Crippen LogP contribution in [0.5, 0.6) is 0 Å². The van der Waals surface area contributed by atoms with E-state index in [-0.39, 0.29) is 11.0 Å². The maximum absolute atomic E-state index is 11.1. The molecule has 2 heterocycles. The van der Waals surface area contributed by atoms with Gasteiger partial charge in [0.15, 0.2) is 0 Å². The SMILES string of the molecule is O=[N+]([O-])c1cnc(Cl)nc1N1CCCC2CCCC21. The van der Waals surface area contributed by atoms with Crippen molar-refractivity contribution < 1.29 is 4.92 Å². The molecular formula is C12H15ClN4O2. The molecule has 6 nitrogen and oxygen atoms in total. The average molecular weight is 283 g/mol. The molecule has 0 radical (unpaired) electrons. The first-order valence-electron chi connectivity index (χ1n) is 6.60. The van der Waals surface area contributed by atoms with Crippen LogP contribution in [-0.4, -0.2) is 27.5 Å². The Labute approximate surface area is 115 Å². The van der Waals surface area contributed by atoms with Crippen molar-refractivity contribution in [1.82, 2.24) is 9.97 Å². The highest BCUT2D eigenvalue weighted by Gasteiger charge is 2.38. The van der Waals surface area contributed by atoms with Gasteiger partial charge in [-0.2, -0.15) is 4.98 Å². The van der Waals surface area contributed by atoms with Crippen LogP contribution in [0.15, 0.2) is 6.20 Å². The average Bonchev–Trinajstić information content (AvgIpc) is 2.86. The Balaban J connectivity index is 2.00. The Morgan fingerprint density at radius 1 is 1.37 bits per heavy atom. The molecule has 1 saturated carbocycles. The van der Waals surface area contributed by atoms with Crippen LogP contribution in [0.3, 0.4) is 0 Å². The van der Waals surface area contributed by atoms with Crippen molar-refractivity contribution in [3.8, 4) is 0 Å². The number of hydrogen-bond donors (Lipinski definition) is 0. The lowest BCUT2D eigenvalue weighted by molar-refractivity contribution is -0.384. The number of fused-ring (bicyclic) bond motifs is 1. The van der Waals surface area contributed by atoms with E-state index in [0.29, 0.717) is 17.8 Å². The Bertz CT molecular complexity index is 511. The molecule has 19 heavy (non-hydrogen) atoms. The molecule has 0 spiro atoms. The molecule has 7 heteroatoms. The first-order chi connectivity index (χ1) is 9.16. The summed E-state index contributed by atoms with van der Waals surface area (Å²) >= 11 is 5.81. The minimum Gasteiger partial charge on any atom is -0.347 e. The molecule has 0 N–H and O–H groups in total. The monoisotopic (exact) mass is 282 g/mol. The number of aromatic nitrogens is 2. The Kier molecular flexibility index (Phi) is 3.26. The quantitative estimate of drug-likeness (QED) is 0.474. The third-order valence-electron chi connectivity index (χ3n) is 4.18. The van der Waals surface area contributed by atoms with E-state index < -0.39 is 4.92 Å². The molecule has 3 rings (SSSR count). The first kappa shape index (κ1) is 12.6. The van der Waals surface area contributed by atoms with E-state index >= 15 is 0 Å². The molecule has 0 aromatic carbocycles. The zero-order valence-electron chi connectivity index (χ0n) is 10.5. The molecule has 1 aliphatic carbocycles. The molecule has 2 fully saturated rings. The van der Waals surface area contributed by atoms with Crippen LogP contribution in [0.1, 0.15) is 32.1 Å². The third-order valence-corrected chi connectivity index (χ3v) is 4.36. The van der Waals surface area contributed by atoms with Crippen molar-refractivity contribution in [3.05, 3.63) is 21.6 Å². The maximum Gasteiger partial charge on any atom is 0.329 e. The van der Waals surface area contributed by atoms with Gasteiger partial charge < -0.3 is 4.90 Å². The summed E-state index contributed by atoms with van der Waals surface area (Å²) in [7, 11) is 0. The number of nitro groups is 1. The summed E-state index contributed by atoms with van der Waals surface area (Å²) in [6.07, 6.45) is 6.98. The largest absolute Gasteiger partial charge is 0.347 e. The van der Waals surface area contributed by atoms with Crippen molar-refractivity contribution in [1.29, 1.82) is 0 Å². The summed E-state index contributed by atoms with van der Waals surface area (Å²) in [5.41, 5.74) is -0.0445. The molecule has 2 aliphatic rings. The van der Waals surface area contributed by atoms with Crippen molar-refractivity contribution >= 4 is 23.1 Å². The van der Waals surface area contributed by atoms with Gasteiger partial charge in [0.2, 0.25) is 11.1 Å². The Morgan fingerprint density at radius 3 is 2.95 bits per heavy atom. The number of piperidine rings is 1. The molecule has 1 aromatic rings. The topological polar surface area (TPSA) is 72.2 Å². The van der Waals surface area contributed by atoms with Crippen LogP contribution in [-0.2, 0) is 0 Å². The van der Waals surface area contributed by atoms with E-state index in [2.05, 4.69) is 14.9 Å². The molecule has 1 aromatic heterocycles. The van der Waals surface area contributed by atoms with Crippen LogP contribution >= 0.6 is 11.6 Å². The van der Waals surface area contributed by atoms with Gasteiger partial charge >= 0.3 is 5.69 Å². The minimum atomic E-state index is -0.426. The van der Waals surface area contributed by atoms with Crippen LogP contribution < -0.4 is 4.90 Å². The molecule has 2 unspecified atom stereocenters. The van der Waals surface area contributed by atoms with E-state index in [4.69, 9.17) is 11.6 Å². The lowest BCUT2D eigenvalue weighted by Crippen LogP contribution is -2.43. The number of hydrogen-bond acceptors (Lipinski definition) is 5. The van der Waals surface area contributed by atoms with Gasteiger partial charge in [-0.15, -0.1) is 0 Å². The number of rotatable bonds is 2. The van der Waals surface area contributed by atoms with Gasteiger partial charge in [-0.3, -0.25) is 10.1 Å². The number of halogens is 1. The summed E-state index contributed by atoms with van der Waals surface area (Å²) in [6.45, 7) is 0.815. The lowest BCUT2D eigenvalue weighted by atomic mass is 9.92. The van der Waals surface area contributed by atoms with Crippen LogP contribution in [0.25, 0.3) is 0 Å². The molecule has 1 saturated heterocycles. The minimum absolute atomic E-state index is 0.0445. The first-order valence-corrected chi connectivity index (χ1v) is 6.98.